The zero-order valence-electron chi connectivity index (χ0n) is 15.2. The summed E-state index contributed by atoms with van der Waals surface area (Å²) < 4.78 is 6.43. The first kappa shape index (κ1) is 18.2. The first-order chi connectivity index (χ1) is 13.5. The third-order valence-electron chi connectivity index (χ3n) is 4.42. The van der Waals surface area contributed by atoms with Gasteiger partial charge in [0, 0.05) is 16.2 Å². The van der Waals surface area contributed by atoms with E-state index in [2.05, 4.69) is 21.0 Å². The lowest BCUT2D eigenvalue weighted by Gasteiger charge is -2.27. The number of anilines is 2. The Balaban J connectivity index is 1.71. The van der Waals surface area contributed by atoms with Crippen molar-refractivity contribution in [1.29, 1.82) is 0 Å². The molecule has 6 nitrogen and oxygen atoms in total. The van der Waals surface area contributed by atoms with E-state index in [0.29, 0.717) is 22.8 Å². The maximum Gasteiger partial charge on any atom is 0.424 e. The largest absolute Gasteiger partial charge is 0.424 e. The number of hydrazone groups is 1. The molecule has 0 fully saturated rings. The number of rotatable bonds is 2. The first-order valence-corrected chi connectivity index (χ1v) is 9.40. The minimum Gasteiger partial charge on any atom is -0.409 e. The smallest absolute Gasteiger partial charge is 0.409 e. The van der Waals surface area contributed by atoms with Gasteiger partial charge in [-0.1, -0.05) is 34.1 Å². The topological polar surface area (TPSA) is 62.2 Å². The molecule has 0 bridgehead atoms. The summed E-state index contributed by atoms with van der Waals surface area (Å²) in [6.07, 6.45) is 1.12. The van der Waals surface area contributed by atoms with Crippen LogP contribution in [0.1, 0.15) is 13.8 Å². The van der Waals surface area contributed by atoms with Crippen LogP contribution in [0.15, 0.2) is 87.3 Å². The molecule has 0 aliphatic carbocycles. The molecule has 0 atom stereocenters. The molecule has 0 saturated carbocycles. The lowest BCUT2D eigenvalue weighted by molar-refractivity contribution is -0.114. The quantitative estimate of drug-likeness (QED) is 0.621. The second-order valence-electron chi connectivity index (χ2n) is 6.34. The summed E-state index contributed by atoms with van der Waals surface area (Å²) in [5, 5.41) is 5.65. The molecule has 0 unspecified atom stereocenters. The summed E-state index contributed by atoms with van der Waals surface area (Å²) in [5.41, 5.74) is 2.77. The van der Waals surface area contributed by atoms with Crippen molar-refractivity contribution in [2.75, 3.05) is 9.91 Å². The minimum absolute atomic E-state index is 0.209. The number of halogens is 1. The zero-order valence-corrected chi connectivity index (χ0v) is 16.8. The van der Waals surface area contributed by atoms with Crippen LogP contribution in [0.3, 0.4) is 0 Å². The average molecular weight is 438 g/mol. The summed E-state index contributed by atoms with van der Waals surface area (Å²) in [6, 6.07) is 16.4. The van der Waals surface area contributed by atoms with Crippen molar-refractivity contribution in [2.24, 2.45) is 5.10 Å². The van der Waals surface area contributed by atoms with Gasteiger partial charge in [0.1, 0.15) is 11.3 Å². The van der Waals surface area contributed by atoms with Gasteiger partial charge in [0.25, 0.3) is 5.91 Å². The standard InChI is InChI=1S/C21H16BrN3O3/c1-13-12-18(28-21(27)24(13)16-10-8-15(22)9-11-16)19-14(2)23-25(20(19)26)17-6-4-3-5-7-17/h3-12H,1-2H3/b19-18+. The number of para-hydroxylation sites is 1. The number of benzene rings is 2. The van der Waals surface area contributed by atoms with Crippen LogP contribution in [-0.4, -0.2) is 17.7 Å². The SMILES string of the molecule is CC1=C/C(=C2\C(=O)N(c3ccccc3)N=C2C)OC(=O)N1c1ccc(Br)cc1. The predicted molar refractivity (Wildman–Crippen MR) is 111 cm³/mol. The highest BCUT2D eigenvalue weighted by Crippen LogP contribution is 2.31. The van der Waals surface area contributed by atoms with Crippen LogP contribution in [0.4, 0.5) is 16.2 Å². The predicted octanol–water partition coefficient (Wildman–Crippen LogP) is 4.99. The van der Waals surface area contributed by atoms with Gasteiger partial charge in [-0.2, -0.15) is 10.1 Å². The molecule has 2 amide bonds. The van der Waals surface area contributed by atoms with Crippen LogP contribution in [0.25, 0.3) is 0 Å². The normalized spacial score (nSPS) is 19.5. The van der Waals surface area contributed by atoms with Crippen LogP contribution >= 0.6 is 15.9 Å². The molecule has 140 valence electrons. The van der Waals surface area contributed by atoms with Crippen molar-refractivity contribution in [2.45, 2.75) is 13.8 Å². The summed E-state index contributed by atoms with van der Waals surface area (Å²) in [4.78, 5) is 27.1. The van der Waals surface area contributed by atoms with E-state index in [-0.39, 0.29) is 17.2 Å². The van der Waals surface area contributed by atoms with E-state index in [1.807, 2.05) is 42.5 Å². The summed E-state index contributed by atoms with van der Waals surface area (Å²) in [7, 11) is 0. The highest BCUT2D eigenvalue weighted by atomic mass is 79.9. The molecule has 7 heteroatoms. The van der Waals surface area contributed by atoms with Gasteiger partial charge in [0.2, 0.25) is 0 Å². The van der Waals surface area contributed by atoms with Crippen molar-refractivity contribution in [3.05, 3.63) is 82.2 Å². The molecule has 4 rings (SSSR count). The van der Waals surface area contributed by atoms with E-state index in [9.17, 15) is 9.59 Å². The number of amides is 2. The number of carbonyl (C=O) groups is 2. The zero-order chi connectivity index (χ0) is 19.8. The maximum absolute atomic E-state index is 12.9. The van der Waals surface area contributed by atoms with E-state index in [1.165, 1.54) is 9.91 Å². The van der Waals surface area contributed by atoms with E-state index >= 15 is 0 Å². The Morgan fingerprint density at radius 2 is 1.61 bits per heavy atom. The van der Waals surface area contributed by atoms with Crippen molar-refractivity contribution < 1.29 is 14.3 Å². The molecule has 0 spiro atoms. The van der Waals surface area contributed by atoms with Crippen LogP contribution in [-0.2, 0) is 9.53 Å². The molecule has 2 aliphatic heterocycles. The summed E-state index contributed by atoms with van der Waals surface area (Å²) in [5.74, 6) is -0.117. The third-order valence-corrected chi connectivity index (χ3v) is 4.95. The number of cyclic esters (lactones) is 1. The molecule has 2 aromatic carbocycles. The van der Waals surface area contributed by atoms with E-state index in [0.717, 1.165) is 4.47 Å². The van der Waals surface area contributed by atoms with E-state index in [1.54, 1.807) is 32.1 Å². The van der Waals surface area contributed by atoms with Crippen LogP contribution in [0.5, 0.6) is 0 Å². The average Bonchev–Trinajstić information content (AvgIpc) is 2.97. The van der Waals surface area contributed by atoms with Crippen molar-refractivity contribution >= 4 is 45.0 Å². The number of allylic oxidation sites excluding steroid dienone is 2. The molecule has 2 aromatic rings. The summed E-state index contributed by atoms with van der Waals surface area (Å²) >= 11 is 3.38. The Bertz CT molecular complexity index is 1060. The van der Waals surface area contributed by atoms with E-state index < -0.39 is 6.09 Å². The van der Waals surface area contributed by atoms with Gasteiger partial charge in [-0.25, -0.2) is 4.79 Å². The Morgan fingerprint density at radius 3 is 2.25 bits per heavy atom. The number of ether oxygens (including phenoxy) is 1. The monoisotopic (exact) mass is 437 g/mol. The first-order valence-electron chi connectivity index (χ1n) is 8.61. The number of carbonyl (C=O) groups excluding carboxylic acids is 2. The van der Waals surface area contributed by atoms with Crippen molar-refractivity contribution in [1.82, 2.24) is 0 Å². The fourth-order valence-corrected chi connectivity index (χ4v) is 3.39. The third kappa shape index (κ3) is 3.14. The van der Waals surface area contributed by atoms with Crippen LogP contribution in [0.2, 0.25) is 0 Å². The van der Waals surface area contributed by atoms with Gasteiger partial charge in [0.15, 0.2) is 0 Å². The summed E-state index contributed by atoms with van der Waals surface area (Å²) in [6.45, 7) is 3.52. The molecule has 0 N–H and O–H groups in total. The van der Waals surface area contributed by atoms with Crippen LogP contribution in [0, 0.1) is 0 Å². The minimum atomic E-state index is -0.566. The molecule has 0 radical (unpaired) electrons. The van der Waals surface area contributed by atoms with Gasteiger partial charge >= 0.3 is 6.09 Å². The number of hydrogen-bond acceptors (Lipinski definition) is 4. The van der Waals surface area contributed by atoms with Gasteiger partial charge in [0.05, 0.1) is 17.1 Å². The van der Waals surface area contributed by atoms with Gasteiger partial charge < -0.3 is 4.74 Å². The molecular weight excluding hydrogens is 422 g/mol. The molecule has 28 heavy (non-hydrogen) atoms. The Labute approximate surface area is 170 Å². The molecular formula is C21H16BrN3O3. The van der Waals surface area contributed by atoms with Gasteiger partial charge in [-0.05, 0) is 50.2 Å². The molecule has 2 aliphatic rings. The Morgan fingerprint density at radius 1 is 0.929 bits per heavy atom. The van der Waals surface area contributed by atoms with E-state index in [4.69, 9.17) is 4.74 Å². The fraction of sp³-hybridized carbons (Fsp3) is 0.0952. The van der Waals surface area contributed by atoms with Crippen molar-refractivity contribution in [3.63, 3.8) is 0 Å². The number of hydrogen-bond donors (Lipinski definition) is 0. The lowest BCUT2D eigenvalue weighted by Crippen LogP contribution is -2.34. The number of nitrogens with zero attached hydrogens (tertiary/aromatic N) is 3. The molecule has 0 aromatic heterocycles. The highest BCUT2D eigenvalue weighted by Gasteiger charge is 2.35. The molecule has 2 heterocycles. The van der Waals surface area contributed by atoms with Crippen molar-refractivity contribution in [3.8, 4) is 0 Å². The second kappa shape index (κ2) is 7.09. The van der Waals surface area contributed by atoms with Gasteiger partial charge in [-0.3, -0.25) is 9.69 Å². The maximum atomic E-state index is 12.9. The fourth-order valence-electron chi connectivity index (χ4n) is 3.12. The molecule has 0 saturated heterocycles. The van der Waals surface area contributed by atoms with Crippen LogP contribution < -0.4 is 9.91 Å². The second-order valence-corrected chi connectivity index (χ2v) is 7.26. The highest BCUT2D eigenvalue weighted by molar-refractivity contribution is 9.10. The van der Waals surface area contributed by atoms with Gasteiger partial charge in [-0.15, -0.1) is 0 Å². The lowest BCUT2D eigenvalue weighted by atomic mass is 10.1. The Hall–Kier alpha value is -3.19. The Kier molecular flexibility index (Phi) is 4.60.